The van der Waals surface area contributed by atoms with Crippen molar-refractivity contribution in [2.75, 3.05) is 27.4 Å². The highest BCUT2D eigenvalue weighted by Crippen LogP contribution is 2.16. The van der Waals surface area contributed by atoms with Crippen molar-refractivity contribution in [3.8, 4) is 5.75 Å². The van der Waals surface area contributed by atoms with E-state index < -0.39 is 0 Å². The highest BCUT2D eigenvalue weighted by atomic mass is 19.1. The monoisotopic (exact) mass is 396 g/mol. The van der Waals surface area contributed by atoms with E-state index in [9.17, 15) is 4.39 Å². The molecule has 0 atom stereocenters. The molecule has 4 nitrogen and oxygen atoms in total. The zero-order valence-electron chi connectivity index (χ0n) is 17.2. The normalized spacial score (nSPS) is 11.2. The molecule has 0 unspecified atom stereocenters. The van der Waals surface area contributed by atoms with E-state index in [1.807, 2.05) is 24.3 Å². The molecule has 1 heterocycles. The maximum Gasteiger partial charge on any atom is 0.123 e. The van der Waals surface area contributed by atoms with Gasteiger partial charge in [-0.3, -0.25) is 4.90 Å². The molecule has 3 aromatic rings. The fourth-order valence-electron chi connectivity index (χ4n) is 3.40. The number of aromatic nitrogens is 1. The van der Waals surface area contributed by atoms with Gasteiger partial charge in [0.1, 0.15) is 11.6 Å². The SMILES string of the molecule is COCCCN(Cc1ccc(OC)cc1)Cc1cccn1Cc1ccc(F)cc1. The molecule has 29 heavy (non-hydrogen) atoms. The number of hydrogen-bond donors (Lipinski definition) is 0. The van der Waals surface area contributed by atoms with E-state index in [2.05, 4.69) is 39.9 Å². The Kier molecular flexibility index (Phi) is 7.85. The zero-order valence-corrected chi connectivity index (χ0v) is 17.2. The van der Waals surface area contributed by atoms with Gasteiger partial charge in [-0.1, -0.05) is 24.3 Å². The zero-order chi connectivity index (χ0) is 20.5. The molecule has 5 heteroatoms. The molecule has 0 aliphatic heterocycles. The highest BCUT2D eigenvalue weighted by molar-refractivity contribution is 5.27. The van der Waals surface area contributed by atoms with Crippen LogP contribution in [-0.2, 0) is 24.4 Å². The molecule has 154 valence electrons. The summed E-state index contributed by atoms with van der Waals surface area (Å²) >= 11 is 0. The van der Waals surface area contributed by atoms with Crippen LogP contribution in [0.15, 0.2) is 66.9 Å². The first kappa shape index (κ1) is 21.1. The molecular weight excluding hydrogens is 367 g/mol. The van der Waals surface area contributed by atoms with Gasteiger partial charge < -0.3 is 14.0 Å². The number of ether oxygens (including phenoxy) is 2. The summed E-state index contributed by atoms with van der Waals surface area (Å²) in [5.74, 6) is 0.665. The minimum absolute atomic E-state index is 0.203. The van der Waals surface area contributed by atoms with Crippen LogP contribution in [0.3, 0.4) is 0 Å². The van der Waals surface area contributed by atoms with Crippen molar-refractivity contribution in [2.45, 2.75) is 26.1 Å². The Morgan fingerprint density at radius 2 is 1.62 bits per heavy atom. The summed E-state index contributed by atoms with van der Waals surface area (Å²) in [5.41, 5.74) is 3.57. The van der Waals surface area contributed by atoms with Crippen molar-refractivity contribution in [3.05, 3.63) is 89.5 Å². The van der Waals surface area contributed by atoms with Gasteiger partial charge in [-0.05, 0) is 53.9 Å². The van der Waals surface area contributed by atoms with Crippen LogP contribution in [-0.4, -0.2) is 36.8 Å². The Morgan fingerprint density at radius 1 is 0.897 bits per heavy atom. The summed E-state index contributed by atoms with van der Waals surface area (Å²) in [6.45, 7) is 4.12. The molecule has 0 saturated heterocycles. The van der Waals surface area contributed by atoms with Crippen molar-refractivity contribution in [2.24, 2.45) is 0 Å². The van der Waals surface area contributed by atoms with Gasteiger partial charge in [-0.25, -0.2) is 4.39 Å². The molecule has 1 aromatic heterocycles. The van der Waals surface area contributed by atoms with E-state index in [-0.39, 0.29) is 5.82 Å². The predicted octanol–water partition coefficient (Wildman–Crippen LogP) is 4.72. The summed E-state index contributed by atoms with van der Waals surface area (Å²) in [6.07, 6.45) is 3.06. The van der Waals surface area contributed by atoms with Gasteiger partial charge in [-0.2, -0.15) is 0 Å². The Morgan fingerprint density at radius 3 is 2.31 bits per heavy atom. The molecule has 0 spiro atoms. The van der Waals surface area contributed by atoms with Gasteiger partial charge in [0.2, 0.25) is 0 Å². The lowest BCUT2D eigenvalue weighted by Crippen LogP contribution is -2.26. The maximum absolute atomic E-state index is 13.2. The number of benzene rings is 2. The predicted molar refractivity (Wildman–Crippen MR) is 114 cm³/mol. The molecule has 0 amide bonds. The van der Waals surface area contributed by atoms with E-state index in [0.717, 1.165) is 50.5 Å². The minimum Gasteiger partial charge on any atom is -0.497 e. The summed E-state index contributed by atoms with van der Waals surface area (Å²) < 4.78 is 25.9. The molecule has 2 aromatic carbocycles. The standard InChI is InChI=1S/C24H29FN2O2/c1-28-16-4-14-26(17-20-8-12-24(29-2)13-9-20)19-23-5-3-15-27(23)18-21-6-10-22(25)11-7-21/h3,5-13,15H,4,14,16-19H2,1-2H3. The first-order valence-corrected chi connectivity index (χ1v) is 9.90. The molecule has 0 bridgehead atoms. The smallest absolute Gasteiger partial charge is 0.123 e. The van der Waals surface area contributed by atoms with Crippen molar-refractivity contribution < 1.29 is 13.9 Å². The molecule has 0 aliphatic rings. The van der Waals surface area contributed by atoms with Gasteiger partial charge in [0, 0.05) is 51.8 Å². The summed E-state index contributed by atoms with van der Waals surface area (Å²) in [7, 11) is 3.42. The van der Waals surface area contributed by atoms with Crippen LogP contribution in [0, 0.1) is 5.82 Å². The van der Waals surface area contributed by atoms with Crippen LogP contribution in [0.5, 0.6) is 5.75 Å². The van der Waals surface area contributed by atoms with E-state index in [1.165, 1.54) is 23.4 Å². The number of methoxy groups -OCH3 is 2. The third kappa shape index (κ3) is 6.44. The van der Waals surface area contributed by atoms with Crippen LogP contribution < -0.4 is 4.74 Å². The van der Waals surface area contributed by atoms with Crippen LogP contribution in [0.2, 0.25) is 0 Å². The van der Waals surface area contributed by atoms with E-state index in [0.29, 0.717) is 0 Å². The van der Waals surface area contributed by atoms with Crippen molar-refractivity contribution >= 4 is 0 Å². The quantitative estimate of drug-likeness (QED) is 0.439. The third-order valence-corrected chi connectivity index (χ3v) is 4.96. The maximum atomic E-state index is 13.2. The molecule has 0 N–H and O–H groups in total. The summed E-state index contributed by atoms with van der Waals surface area (Å²) in [4.78, 5) is 2.43. The summed E-state index contributed by atoms with van der Waals surface area (Å²) in [5, 5.41) is 0. The van der Waals surface area contributed by atoms with Crippen molar-refractivity contribution in [1.82, 2.24) is 9.47 Å². The second-order valence-corrected chi connectivity index (χ2v) is 7.16. The van der Waals surface area contributed by atoms with Gasteiger partial charge in [-0.15, -0.1) is 0 Å². The lowest BCUT2D eigenvalue weighted by Gasteiger charge is -2.23. The first-order chi connectivity index (χ1) is 14.2. The van der Waals surface area contributed by atoms with Crippen molar-refractivity contribution in [3.63, 3.8) is 0 Å². The second kappa shape index (κ2) is 10.8. The van der Waals surface area contributed by atoms with Gasteiger partial charge in [0.05, 0.1) is 7.11 Å². The Balaban J connectivity index is 1.69. The Hall–Kier alpha value is -2.63. The third-order valence-electron chi connectivity index (χ3n) is 4.96. The Bertz CT molecular complexity index is 859. The average molecular weight is 397 g/mol. The summed E-state index contributed by atoms with van der Waals surface area (Å²) in [6, 6.07) is 19.2. The number of halogens is 1. The molecule has 0 saturated carbocycles. The second-order valence-electron chi connectivity index (χ2n) is 7.16. The molecular formula is C24H29FN2O2. The van der Waals surface area contributed by atoms with E-state index >= 15 is 0 Å². The highest BCUT2D eigenvalue weighted by Gasteiger charge is 2.11. The van der Waals surface area contributed by atoms with Crippen LogP contribution >= 0.6 is 0 Å². The lowest BCUT2D eigenvalue weighted by atomic mass is 10.2. The molecule has 0 radical (unpaired) electrons. The average Bonchev–Trinajstić information content (AvgIpc) is 3.17. The van der Waals surface area contributed by atoms with Crippen LogP contribution in [0.1, 0.15) is 23.2 Å². The number of nitrogens with zero attached hydrogens (tertiary/aromatic N) is 2. The van der Waals surface area contributed by atoms with Crippen molar-refractivity contribution in [1.29, 1.82) is 0 Å². The van der Waals surface area contributed by atoms with Crippen LogP contribution in [0.25, 0.3) is 0 Å². The van der Waals surface area contributed by atoms with Gasteiger partial charge in [0.15, 0.2) is 0 Å². The fraction of sp³-hybridized carbons (Fsp3) is 0.333. The lowest BCUT2D eigenvalue weighted by molar-refractivity contribution is 0.165. The fourth-order valence-corrected chi connectivity index (χ4v) is 3.40. The molecule has 3 rings (SSSR count). The minimum atomic E-state index is -0.203. The number of hydrogen-bond acceptors (Lipinski definition) is 3. The van der Waals surface area contributed by atoms with Gasteiger partial charge in [0.25, 0.3) is 0 Å². The molecule has 0 aliphatic carbocycles. The van der Waals surface area contributed by atoms with E-state index in [4.69, 9.17) is 9.47 Å². The van der Waals surface area contributed by atoms with Gasteiger partial charge >= 0.3 is 0 Å². The largest absolute Gasteiger partial charge is 0.497 e. The molecule has 0 fully saturated rings. The van der Waals surface area contributed by atoms with E-state index in [1.54, 1.807) is 14.2 Å². The first-order valence-electron chi connectivity index (χ1n) is 9.90. The van der Waals surface area contributed by atoms with Crippen LogP contribution in [0.4, 0.5) is 4.39 Å². The number of rotatable bonds is 11. The topological polar surface area (TPSA) is 26.6 Å². The Labute approximate surface area is 172 Å².